The van der Waals surface area contributed by atoms with Crippen molar-refractivity contribution in [1.29, 1.82) is 0 Å². The zero-order valence-electron chi connectivity index (χ0n) is 18.9. The number of aldehydes is 1. The van der Waals surface area contributed by atoms with Gasteiger partial charge in [0.05, 0.1) is 23.8 Å². The normalized spacial score (nSPS) is 11.0. The van der Waals surface area contributed by atoms with Crippen LogP contribution < -0.4 is 10.1 Å². The Balaban J connectivity index is 1.53. The van der Waals surface area contributed by atoms with Crippen LogP contribution in [0, 0.1) is 13.8 Å². The molecular formula is C24H22N8O2. The molecule has 0 saturated carbocycles. The van der Waals surface area contributed by atoms with Crippen LogP contribution in [0.4, 0.5) is 11.5 Å². The highest BCUT2D eigenvalue weighted by Gasteiger charge is 2.15. The number of carbonyl (C=O) groups is 1. The van der Waals surface area contributed by atoms with E-state index in [4.69, 9.17) is 9.72 Å². The van der Waals surface area contributed by atoms with Gasteiger partial charge in [0.2, 0.25) is 5.88 Å². The van der Waals surface area contributed by atoms with Crippen molar-refractivity contribution < 1.29 is 9.53 Å². The minimum atomic E-state index is 0.228. The van der Waals surface area contributed by atoms with E-state index in [1.54, 1.807) is 18.1 Å². The molecule has 0 atom stereocenters. The quantitative estimate of drug-likeness (QED) is 0.372. The number of pyridine rings is 1. The summed E-state index contributed by atoms with van der Waals surface area (Å²) in [6.07, 6.45) is 2.81. The number of aromatic nitrogens is 7. The van der Waals surface area contributed by atoms with Crippen LogP contribution in [0.15, 0.2) is 54.9 Å². The first-order valence-electron chi connectivity index (χ1n) is 10.6. The summed E-state index contributed by atoms with van der Waals surface area (Å²) in [5.41, 5.74) is 5.00. The Morgan fingerprint density at radius 3 is 2.68 bits per heavy atom. The van der Waals surface area contributed by atoms with Crippen LogP contribution in [-0.2, 0) is 11.2 Å². The van der Waals surface area contributed by atoms with Gasteiger partial charge in [-0.2, -0.15) is 5.10 Å². The molecule has 1 N–H and O–H groups in total. The Morgan fingerprint density at radius 1 is 1.06 bits per heavy atom. The molecule has 10 nitrogen and oxygen atoms in total. The number of rotatable bonds is 7. The maximum absolute atomic E-state index is 11.3. The predicted octanol–water partition coefficient (Wildman–Crippen LogP) is 3.51. The molecule has 5 rings (SSSR count). The van der Waals surface area contributed by atoms with Gasteiger partial charge in [-0.15, -0.1) is 10.2 Å². The molecule has 1 aromatic carbocycles. The number of fused-ring (bicyclic) bond motifs is 1. The van der Waals surface area contributed by atoms with Crippen LogP contribution in [0.5, 0.6) is 5.88 Å². The molecule has 34 heavy (non-hydrogen) atoms. The molecule has 0 aliphatic heterocycles. The maximum Gasteiger partial charge on any atom is 0.233 e. The number of carbonyl (C=O) groups excluding carboxylic acids is 1. The number of benzene rings is 1. The molecule has 10 heteroatoms. The maximum atomic E-state index is 11.3. The van der Waals surface area contributed by atoms with Gasteiger partial charge < -0.3 is 14.8 Å². The summed E-state index contributed by atoms with van der Waals surface area (Å²) in [5.74, 6) is 2.37. The molecule has 4 aromatic heterocycles. The number of anilines is 2. The molecule has 0 fully saturated rings. The highest BCUT2D eigenvalue weighted by molar-refractivity contribution is 5.82. The number of nitrogens with zero attached hydrogens (tertiary/aromatic N) is 7. The Kier molecular flexibility index (Phi) is 5.46. The lowest BCUT2D eigenvalue weighted by molar-refractivity contribution is -0.107. The van der Waals surface area contributed by atoms with Gasteiger partial charge in [0.1, 0.15) is 18.4 Å². The first-order chi connectivity index (χ1) is 16.6. The monoisotopic (exact) mass is 454 g/mol. The van der Waals surface area contributed by atoms with E-state index in [2.05, 4.69) is 25.6 Å². The molecular weight excluding hydrogens is 432 g/mol. The van der Waals surface area contributed by atoms with Gasteiger partial charge in [-0.3, -0.25) is 4.57 Å². The molecule has 0 saturated heterocycles. The number of hydrogen-bond donors (Lipinski definition) is 1. The number of ether oxygens (including phenoxy) is 1. The first kappa shape index (κ1) is 21.3. The molecule has 0 aliphatic carbocycles. The third-order valence-corrected chi connectivity index (χ3v) is 5.38. The van der Waals surface area contributed by atoms with Crippen LogP contribution in [0.25, 0.3) is 22.7 Å². The summed E-state index contributed by atoms with van der Waals surface area (Å²) < 4.78 is 8.84. The molecule has 4 heterocycles. The van der Waals surface area contributed by atoms with Gasteiger partial charge in [0.15, 0.2) is 11.6 Å². The van der Waals surface area contributed by atoms with Crippen LogP contribution >= 0.6 is 0 Å². The van der Waals surface area contributed by atoms with Gasteiger partial charge in [-0.1, -0.05) is 6.07 Å². The molecule has 0 amide bonds. The smallest absolute Gasteiger partial charge is 0.233 e. The second-order valence-corrected chi connectivity index (χ2v) is 7.77. The summed E-state index contributed by atoms with van der Waals surface area (Å²) in [6, 6.07) is 15.2. The summed E-state index contributed by atoms with van der Waals surface area (Å²) in [4.78, 5) is 20.7. The highest BCUT2D eigenvalue weighted by atomic mass is 16.5. The topological polar surface area (TPSA) is 113 Å². The van der Waals surface area contributed by atoms with Crippen LogP contribution in [-0.4, -0.2) is 47.9 Å². The molecule has 0 unspecified atom stereocenters. The highest BCUT2D eigenvalue weighted by Crippen LogP contribution is 2.25. The summed E-state index contributed by atoms with van der Waals surface area (Å²) in [5, 5.41) is 15.9. The molecule has 0 radical (unpaired) electrons. The predicted molar refractivity (Wildman–Crippen MR) is 127 cm³/mol. The van der Waals surface area contributed by atoms with Crippen LogP contribution in [0.3, 0.4) is 0 Å². The minimum Gasteiger partial charge on any atom is -0.480 e. The summed E-state index contributed by atoms with van der Waals surface area (Å²) >= 11 is 0. The first-order valence-corrected chi connectivity index (χ1v) is 10.6. The largest absolute Gasteiger partial charge is 0.480 e. The van der Waals surface area contributed by atoms with E-state index in [0.29, 0.717) is 23.3 Å². The second-order valence-electron chi connectivity index (χ2n) is 7.77. The standard InChI is InChI=1S/C24H22N8O2/c1-15-4-8-21(29-28-15)26-18-6-7-20-19(13-18)25-14-31(20)22-9-5-17(10-11-33)24(27-22)32-16(2)12-23(30-32)34-3/h4-9,11-14H,10H2,1-3H3,(H,26,29). The van der Waals surface area contributed by atoms with E-state index in [1.807, 2.05) is 66.9 Å². The number of aryl methyl sites for hydroxylation is 2. The molecule has 170 valence electrons. The number of methoxy groups -OCH3 is 1. The number of hydrogen-bond acceptors (Lipinski definition) is 8. The summed E-state index contributed by atoms with van der Waals surface area (Å²) in [7, 11) is 1.56. The van der Waals surface area contributed by atoms with E-state index in [1.165, 1.54) is 0 Å². The lowest BCUT2D eigenvalue weighted by Crippen LogP contribution is -2.09. The van der Waals surface area contributed by atoms with Gasteiger partial charge in [-0.05, 0) is 50.2 Å². The third kappa shape index (κ3) is 3.96. The van der Waals surface area contributed by atoms with Crippen molar-refractivity contribution in [2.45, 2.75) is 20.3 Å². The van der Waals surface area contributed by atoms with Gasteiger partial charge in [0.25, 0.3) is 0 Å². The Hall–Kier alpha value is -4.60. The van der Waals surface area contributed by atoms with E-state index in [0.717, 1.165) is 40.0 Å². The van der Waals surface area contributed by atoms with Crippen LogP contribution in [0.1, 0.15) is 17.0 Å². The van der Waals surface area contributed by atoms with Crippen molar-refractivity contribution in [3.05, 3.63) is 71.8 Å². The van der Waals surface area contributed by atoms with Crippen molar-refractivity contribution in [1.82, 2.24) is 34.5 Å². The minimum absolute atomic E-state index is 0.228. The number of imidazole rings is 1. The van der Waals surface area contributed by atoms with Crippen molar-refractivity contribution in [2.75, 3.05) is 12.4 Å². The number of nitrogens with one attached hydrogen (secondary N) is 1. The van der Waals surface area contributed by atoms with Crippen molar-refractivity contribution >= 4 is 28.8 Å². The fraction of sp³-hybridized carbons (Fsp3) is 0.167. The fourth-order valence-corrected chi connectivity index (χ4v) is 3.68. The zero-order valence-corrected chi connectivity index (χ0v) is 18.9. The SMILES string of the molecule is COc1cc(C)n(-c2nc(-n3cnc4cc(Nc5ccc(C)nn5)ccc43)ccc2CC=O)n1. The van der Waals surface area contributed by atoms with E-state index in [9.17, 15) is 4.79 Å². The molecule has 0 bridgehead atoms. The molecule has 5 aromatic rings. The lowest BCUT2D eigenvalue weighted by Gasteiger charge is -2.12. The zero-order chi connectivity index (χ0) is 23.7. The van der Waals surface area contributed by atoms with E-state index in [-0.39, 0.29) is 6.42 Å². The van der Waals surface area contributed by atoms with Gasteiger partial charge in [-0.25, -0.2) is 14.6 Å². The fourth-order valence-electron chi connectivity index (χ4n) is 3.68. The Labute approximate surface area is 195 Å². The van der Waals surface area contributed by atoms with Crippen molar-refractivity contribution in [2.24, 2.45) is 0 Å². The van der Waals surface area contributed by atoms with Crippen molar-refractivity contribution in [3.8, 4) is 17.5 Å². The van der Waals surface area contributed by atoms with Crippen LogP contribution in [0.2, 0.25) is 0 Å². The van der Waals surface area contributed by atoms with Gasteiger partial charge >= 0.3 is 0 Å². The lowest BCUT2D eigenvalue weighted by atomic mass is 10.2. The van der Waals surface area contributed by atoms with E-state index >= 15 is 0 Å². The van der Waals surface area contributed by atoms with Gasteiger partial charge in [0, 0.05) is 29.4 Å². The summed E-state index contributed by atoms with van der Waals surface area (Å²) in [6.45, 7) is 3.80. The Bertz CT molecular complexity index is 1490. The average Bonchev–Trinajstić information content (AvgIpc) is 3.44. The Morgan fingerprint density at radius 2 is 1.94 bits per heavy atom. The second kappa shape index (κ2) is 8.74. The molecule has 0 aliphatic rings. The molecule has 0 spiro atoms. The van der Waals surface area contributed by atoms with Crippen molar-refractivity contribution in [3.63, 3.8) is 0 Å². The average molecular weight is 454 g/mol. The third-order valence-electron chi connectivity index (χ3n) is 5.38. The van der Waals surface area contributed by atoms with E-state index < -0.39 is 0 Å².